The van der Waals surface area contributed by atoms with Crippen LogP contribution in [0.1, 0.15) is 22.5 Å². The van der Waals surface area contributed by atoms with Gasteiger partial charge in [0.25, 0.3) is 5.91 Å². The first kappa shape index (κ1) is 30.1. The van der Waals surface area contributed by atoms with Crippen LogP contribution in [0.3, 0.4) is 0 Å². The number of hydrogen-bond donors (Lipinski definition) is 2. The van der Waals surface area contributed by atoms with E-state index in [9.17, 15) is 19.1 Å². The number of ether oxygens (including phenoxy) is 3. The van der Waals surface area contributed by atoms with Crippen molar-refractivity contribution in [1.29, 1.82) is 0 Å². The third-order valence-electron chi connectivity index (χ3n) is 7.28. The van der Waals surface area contributed by atoms with Crippen molar-refractivity contribution in [3.63, 3.8) is 0 Å². The smallest absolute Gasteiger partial charge is 0.411 e. The molecule has 14 heteroatoms. The highest BCUT2D eigenvalue weighted by Gasteiger charge is 2.27. The van der Waals surface area contributed by atoms with Crippen LogP contribution >= 0.6 is 11.3 Å². The van der Waals surface area contributed by atoms with Crippen LogP contribution in [0.4, 0.5) is 14.9 Å². The highest BCUT2D eigenvalue weighted by molar-refractivity contribution is 7.21. The van der Waals surface area contributed by atoms with Gasteiger partial charge in [-0.2, -0.15) is 0 Å². The van der Waals surface area contributed by atoms with Crippen molar-refractivity contribution in [2.75, 3.05) is 45.3 Å². The predicted molar refractivity (Wildman–Crippen MR) is 165 cm³/mol. The van der Waals surface area contributed by atoms with Crippen molar-refractivity contribution in [2.24, 2.45) is 5.92 Å². The van der Waals surface area contributed by atoms with Crippen LogP contribution in [0, 0.1) is 18.7 Å². The van der Waals surface area contributed by atoms with Gasteiger partial charge in [0, 0.05) is 43.3 Å². The van der Waals surface area contributed by atoms with Gasteiger partial charge in [0.2, 0.25) is 5.88 Å². The highest BCUT2D eigenvalue weighted by atomic mass is 32.1. The van der Waals surface area contributed by atoms with Crippen LogP contribution in [0.25, 0.3) is 31.8 Å². The summed E-state index contributed by atoms with van der Waals surface area (Å²) in [7, 11) is 1.53. The van der Waals surface area contributed by atoms with Gasteiger partial charge in [0.1, 0.15) is 23.9 Å². The number of fused-ring (bicyclic) bond motifs is 2. The molecule has 4 heterocycles. The largest absolute Gasteiger partial charge is 0.487 e. The summed E-state index contributed by atoms with van der Waals surface area (Å²) in [4.78, 5) is 44.2. The number of hydrogen-bond acceptors (Lipinski definition) is 11. The zero-order chi connectivity index (χ0) is 31.5. The number of thiazole rings is 1. The minimum Gasteiger partial charge on any atom is -0.487 e. The van der Waals surface area contributed by atoms with Crippen LogP contribution in [-0.2, 0) is 4.74 Å². The molecule has 3 aromatic heterocycles. The van der Waals surface area contributed by atoms with E-state index >= 15 is 0 Å². The molecular formula is C31H29FN6O6S. The minimum absolute atomic E-state index is 0.00750. The van der Waals surface area contributed by atoms with E-state index in [1.165, 1.54) is 36.8 Å². The molecule has 2 N–H and O–H groups in total. The molecular weight excluding hydrogens is 603 g/mol. The van der Waals surface area contributed by atoms with Gasteiger partial charge >= 0.3 is 6.09 Å². The fourth-order valence-electron chi connectivity index (χ4n) is 5.03. The normalized spacial score (nSPS) is 14.6. The summed E-state index contributed by atoms with van der Waals surface area (Å²) in [5.74, 6) is -0.322. The number of pyridine rings is 1. The lowest BCUT2D eigenvalue weighted by atomic mass is 10.1. The maximum atomic E-state index is 14.9. The lowest BCUT2D eigenvalue weighted by molar-refractivity contribution is 0.0776. The number of methoxy groups -OCH3 is 1. The summed E-state index contributed by atoms with van der Waals surface area (Å²) in [5, 5.41) is 12.5. The molecule has 0 bridgehead atoms. The Morgan fingerprint density at radius 2 is 1.98 bits per heavy atom. The standard InChI is InChI=1S/C31H29FN6O6S/c1-17-9-20(28-24(10-17)36-27(42-2)14-34-28)29-37-23-11-21(32)25(12-26(23)45-29)43-7-8-44-31(41)35-19-3-4-22(33-13-19)30(40)38-6-5-18(15-38)16-39/h3-4,9-14,18,39H,5-8,15-16H2,1-2H3,(H,35,41)/t18-/m1/s1. The summed E-state index contributed by atoms with van der Waals surface area (Å²) >= 11 is 1.37. The van der Waals surface area contributed by atoms with Crippen LogP contribution in [-0.4, -0.2) is 82.0 Å². The van der Waals surface area contributed by atoms with E-state index in [0.717, 1.165) is 17.5 Å². The predicted octanol–water partition coefficient (Wildman–Crippen LogP) is 4.84. The van der Waals surface area contributed by atoms with Crippen LogP contribution in [0.2, 0.25) is 0 Å². The first-order chi connectivity index (χ1) is 21.8. The second-order valence-corrected chi connectivity index (χ2v) is 11.5. The quantitative estimate of drug-likeness (QED) is 0.216. The maximum Gasteiger partial charge on any atom is 0.411 e. The summed E-state index contributed by atoms with van der Waals surface area (Å²) in [6.07, 6.45) is 2.91. The van der Waals surface area contributed by atoms with Gasteiger partial charge in [-0.3, -0.25) is 10.1 Å². The number of aliphatic hydroxyl groups is 1. The monoisotopic (exact) mass is 632 g/mol. The van der Waals surface area contributed by atoms with E-state index in [0.29, 0.717) is 50.9 Å². The Morgan fingerprint density at radius 3 is 2.73 bits per heavy atom. The third kappa shape index (κ3) is 6.61. The maximum absolute atomic E-state index is 14.9. The number of rotatable bonds is 9. The Morgan fingerprint density at radius 1 is 1.11 bits per heavy atom. The minimum atomic E-state index is -0.751. The van der Waals surface area contributed by atoms with Crippen LogP contribution in [0.15, 0.2) is 48.8 Å². The number of likely N-dealkylation sites (tertiary alicyclic amines) is 1. The molecule has 0 aliphatic carbocycles. The molecule has 1 aliphatic heterocycles. The molecule has 0 saturated carbocycles. The molecule has 45 heavy (non-hydrogen) atoms. The molecule has 5 aromatic rings. The van der Waals surface area contributed by atoms with E-state index in [-0.39, 0.29) is 43.1 Å². The number of aryl methyl sites for hydroxylation is 1. The third-order valence-corrected chi connectivity index (χ3v) is 8.34. The van der Waals surface area contributed by atoms with Crippen molar-refractivity contribution in [3.05, 3.63) is 65.9 Å². The van der Waals surface area contributed by atoms with Crippen molar-refractivity contribution >= 4 is 50.3 Å². The van der Waals surface area contributed by atoms with Gasteiger partial charge in [-0.15, -0.1) is 11.3 Å². The van der Waals surface area contributed by atoms with Gasteiger partial charge in [-0.1, -0.05) is 0 Å². The number of halogens is 1. The molecule has 232 valence electrons. The molecule has 0 spiro atoms. The average molecular weight is 633 g/mol. The summed E-state index contributed by atoms with van der Waals surface area (Å²) in [5.41, 5.74) is 4.14. The Bertz CT molecular complexity index is 1880. The first-order valence-corrected chi connectivity index (χ1v) is 15.0. The fourth-order valence-corrected chi connectivity index (χ4v) is 6.02. The topological polar surface area (TPSA) is 149 Å². The van der Waals surface area contributed by atoms with E-state index < -0.39 is 11.9 Å². The molecule has 2 amide bonds. The SMILES string of the molecule is COc1cnc2c(-c3nc4cc(F)c(OCCOC(=O)Nc5ccc(C(=O)N6CC[C@@H](CO)C6)nc5)cc4s3)cc(C)cc2n1. The number of carbonyl (C=O) groups excluding carboxylic acids is 2. The number of amides is 2. The second kappa shape index (κ2) is 13.0. The Labute approximate surface area is 260 Å². The van der Waals surface area contributed by atoms with E-state index in [4.69, 9.17) is 14.2 Å². The number of carbonyl (C=O) groups is 2. The van der Waals surface area contributed by atoms with Crippen LogP contribution in [0.5, 0.6) is 11.6 Å². The van der Waals surface area contributed by atoms with E-state index in [1.807, 2.05) is 19.1 Å². The molecule has 12 nitrogen and oxygen atoms in total. The highest BCUT2D eigenvalue weighted by Crippen LogP contribution is 2.37. The number of nitrogens with one attached hydrogen (secondary N) is 1. The van der Waals surface area contributed by atoms with Crippen molar-refractivity contribution < 1.29 is 33.3 Å². The van der Waals surface area contributed by atoms with Crippen molar-refractivity contribution in [2.45, 2.75) is 13.3 Å². The average Bonchev–Trinajstić information content (AvgIpc) is 3.69. The number of nitrogens with zero attached hydrogens (tertiary/aromatic N) is 5. The molecule has 1 aliphatic rings. The van der Waals surface area contributed by atoms with Crippen LogP contribution < -0.4 is 14.8 Å². The number of aliphatic hydroxyl groups excluding tert-OH is 1. The molecule has 0 radical (unpaired) electrons. The van der Waals surface area contributed by atoms with Crippen molar-refractivity contribution in [3.8, 4) is 22.2 Å². The second-order valence-electron chi connectivity index (χ2n) is 10.5. The van der Waals surface area contributed by atoms with E-state index in [1.54, 1.807) is 23.2 Å². The zero-order valence-corrected chi connectivity index (χ0v) is 25.3. The van der Waals surface area contributed by atoms with Crippen molar-refractivity contribution in [1.82, 2.24) is 24.8 Å². The number of aromatic nitrogens is 4. The fraction of sp³-hybridized carbons (Fsp3) is 0.290. The van der Waals surface area contributed by atoms with Gasteiger partial charge in [0.15, 0.2) is 11.6 Å². The molecule has 1 fully saturated rings. The molecule has 0 unspecified atom stereocenters. The zero-order valence-electron chi connectivity index (χ0n) is 24.4. The number of benzene rings is 2. The Hall–Kier alpha value is -4.95. The van der Waals surface area contributed by atoms with Gasteiger partial charge in [-0.05, 0) is 43.2 Å². The molecule has 6 rings (SSSR count). The molecule has 1 saturated heterocycles. The molecule has 1 atom stereocenters. The Kier molecular flexibility index (Phi) is 8.67. The summed E-state index contributed by atoms with van der Waals surface area (Å²) in [6, 6.07) is 9.82. The summed E-state index contributed by atoms with van der Waals surface area (Å²) in [6.45, 7) is 2.83. The first-order valence-electron chi connectivity index (χ1n) is 14.2. The lowest BCUT2D eigenvalue weighted by Gasteiger charge is -2.15. The Balaban J connectivity index is 1.04. The molecule has 2 aromatic carbocycles. The van der Waals surface area contributed by atoms with Gasteiger partial charge in [0.05, 0.1) is 46.4 Å². The number of anilines is 1. The van der Waals surface area contributed by atoms with E-state index in [2.05, 4.69) is 25.3 Å². The van der Waals surface area contributed by atoms with Gasteiger partial charge < -0.3 is 24.2 Å². The lowest BCUT2D eigenvalue weighted by Crippen LogP contribution is -2.29. The summed E-state index contributed by atoms with van der Waals surface area (Å²) < 4.78 is 31.5. The van der Waals surface area contributed by atoms with Gasteiger partial charge in [-0.25, -0.2) is 29.1 Å².